The highest BCUT2D eigenvalue weighted by atomic mass is 16.6. The number of unbranched alkanes of at least 4 members (excludes halogenated alkanes) is 1. The fraction of sp³-hybridized carbons (Fsp3) is 0.348. The second-order valence-corrected chi connectivity index (χ2v) is 6.84. The minimum atomic E-state index is -0.349. The predicted octanol–water partition coefficient (Wildman–Crippen LogP) is 4.38. The first kappa shape index (κ1) is 21.4. The summed E-state index contributed by atoms with van der Waals surface area (Å²) in [6.45, 7) is 2.09. The van der Waals surface area contributed by atoms with Crippen molar-refractivity contribution in [2.45, 2.75) is 39.2 Å². The molecule has 158 valence electrons. The van der Waals surface area contributed by atoms with Crippen molar-refractivity contribution < 1.29 is 23.5 Å². The van der Waals surface area contributed by atoms with E-state index in [2.05, 4.69) is 29.2 Å². The molecule has 0 spiro atoms. The number of ether oxygens (including phenoxy) is 3. The number of methoxy groups -OCH3 is 2. The van der Waals surface area contributed by atoms with E-state index in [9.17, 15) is 4.79 Å². The molecule has 0 saturated carbocycles. The first-order chi connectivity index (χ1) is 14.6. The Morgan fingerprint density at radius 3 is 2.50 bits per heavy atom. The number of benzene rings is 2. The molecule has 0 radical (unpaired) electrons. The summed E-state index contributed by atoms with van der Waals surface area (Å²) in [5.41, 5.74) is 2.85. The van der Waals surface area contributed by atoms with E-state index >= 15 is 0 Å². The van der Waals surface area contributed by atoms with Crippen LogP contribution >= 0.6 is 0 Å². The summed E-state index contributed by atoms with van der Waals surface area (Å²) in [6, 6.07) is 13.3. The molecule has 0 saturated heterocycles. The molecule has 0 aliphatic heterocycles. The van der Waals surface area contributed by atoms with Crippen molar-refractivity contribution in [3.63, 3.8) is 0 Å². The minimum absolute atomic E-state index is 0.0844. The lowest BCUT2D eigenvalue weighted by atomic mass is 10.1. The lowest BCUT2D eigenvalue weighted by Gasteiger charge is -2.07. The Balaban J connectivity index is 1.56. The smallest absolute Gasteiger partial charge is 0.310 e. The van der Waals surface area contributed by atoms with Crippen molar-refractivity contribution in [1.29, 1.82) is 0 Å². The van der Waals surface area contributed by atoms with Crippen LogP contribution in [0.2, 0.25) is 0 Å². The molecular weight excluding hydrogens is 384 g/mol. The zero-order valence-corrected chi connectivity index (χ0v) is 17.5. The van der Waals surface area contributed by atoms with Gasteiger partial charge in [-0.2, -0.15) is 4.98 Å². The van der Waals surface area contributed by atoms with Crippen LogP contribution in [0.5, 0.6) is 11.5 Å². The van der Waals surface area contributed by atoms with Crippen molar-refractivity contribution in [2.24, 2.45) is 0 Å². The quantitative estimate of drug-likeness (QED) is 0.459. The summed E-state index contributed by atoms with van der Waals surface area (Å²) in [4.78, 5) is 16.4. The number of nitrogens with zero attached hydrogens (tertiary/aromatic N) is 2. The molecule has 0 amide bonds. The molecule has 2 aromatic carbocycles. The van der Waals surface area contributed by atoms with E-state index in [-0.39, 0.29) is 24.9 Å². The van der Waals surface area contributed by atoms with Gasteiger partial charge in [0.1, 0.15) is 11.5 Å². The van der Waals surface area contributed by atoms with E-state index in [1.54, 1.807) is 32.4 Å². The van der Waals surface area contributed by atoms with Crippen LogP contribution in [-0.4, -0.2) is 30.3 Å². The van der Waals surface area contributed by atoms with E-state index in [1.165, 1.54) is 5.56 Å². The van der Waals surface area contributed by atoms with Crippen LogP contribution in [0.4, 0.5) is 0 Å². The Hall–Kier alpha value is -3.35. The van der Waals surface area contributed by atoms with Crippen LogP contribution in [0.1, 0.15) is 36.8 Å². The summed E-state index contributed by atoms with van der Waals surface area (Å²) in [5.74, 6) is 1.43. The molecule has 1 heterocycles. The monoisotopic (exact) mass is 410 g/mol. The summed E-state index contributed by atoms with van der Waals surface area (Å²) in [5, 5.41) is 3.95. The second kappa shape index (κ2) is 10.4. The number of rotatable bonds is 10. The van der Waals surface area contributed by atoms with Crippen molar-refractivity contribution in [3.05, 3.63) is 59.5 Å². The molecule has 30 heavy (non-hydrogen) atoms. The van der Waals surface area contributed by atoms with Crippen molar-refractivity contribution in [2.75, 3.05) is 14.2 Å². The molecular formula is C23H26N2O5. The summed E-state index contributed by atoms with van der Waals surface area (Å²) in [6.07, 6.45) is 3.58. The highest BCUT2D eigenvalue weighted by Crippen LogP contribution is 2.31. The molecule has 3 aromatic rings. The van der Waals surface area contributed by atoms with Crippen LogP contribution in [0.15, 0.2) is 47.0 Å². The summed E-state index contributed by atoms with van der Waals surface area (Å²) < 4.78 is 21.0. The maximum Gasteiger partial charge on any atom is 0.310 e. The lowest BCUT2D eigenvalue weighted by Crippen LogP contribution is -2.08. The van der Waals surface area contributed by atoms with Gasteiger partial charge in [-0.15, -0.1) is 0 Å². The van der Waals surface area contributed by atoms with Gasteiger partial charge in [-0.3, -0.25) is 4.79 Å². The van der Waals surface area contributed by atoms with Crippen LogP contribution < -0.4 is 9.47 Å². The Morgan fingerprint density at radius 2 is 1.80 bits per heavy atom. The van der Waals surface area contributed by atoms with Gasteiger partial charge in [0.15, 0.2) is 6.61 Å². The number of hydrogen-bond acceptors (Lipinski definition) is 7. The third-order valence-electron chi connectivity index (χ3n) is 4.66. The molecule has 0 unspecified atom stereocenters. The number of hydrogen-bond donors (Lipinski definition) is 0. The predicted molar refractivity (Wildman–Crippen MR) is 111 cm³/mol. The standard InChI is InChI=1S/C23H26N2O5/c1-4-5-6-16-7-9-17(10-8-16)13-22(26)29-15-21-24-23(25-30-21)19-12-11-18(27-2)14-20(19)28-3/h7-12,14H,4-6,13,15H2,1-3H3. The molecule has 0 atom stereocenters. The zero-order valence-electron chi connectivity index (χ0n) is 17.5. The van der Waals surface area contributed by atoms with Gasteiger partial charge in [-0.05, 0) is 36.1 Å². The maximum absolute atomic E-state index is 12.1. The van der Waals surface area contributed by atoms with Crippen LogP contribution in [0.3, 0.4) is 0 Å². The fourth-order valence-corrected chi connectivity index (χ4v) is 2.97. The maximum atomic E-state index is 12.1. The number of carbonyl (C=O) groups is 1. The van der Waals surface area contributed by atoms with Gasteiger partial charge >= 0.3 is 5.97 Å². The number of aryl methyl sites for hydroxylation is 1. The van der Waals surface area contributed by atoms with Crippen molar-refractivity contribution in [3.8, 4) is 22.9 Å². The van der Waals surface area contributed by atoms with E-state index in [0.717, 1.165) is 24.8 Å². The van der Waals surface area contributed by atoms with Gasteiger partial charge in [0.25, 0.3) is 5.89 Å². The Bertz CT molecular complexity index is 966. The Kier molecular flexibility index (Phi) is 7.43. The average Bonchev–Trinajstić information content (AvgIpc) is 3.25. The van der Waals surface area contributed by atoms with Crippen LogP contribution in [-0.2, 0) is 29.0 Å². The number of aromatic nitrogens is 2. The first-order valence-corrected chi connectivity index (χ1v) is 9.91. The Morgan fingerprint density at radius 1 is 1.03 bits per heavy atom. The van der Waals surface area contributed by atoms with Gasteiger partial charge < -0.3 is 18.7 Å². The van der Waals surface area contributed by atoms with E-state index in [0.29, 0.717) is 22.9 Å². The molecule has 3 rings (SSSR count). The van der Waals surface area contributed by atoms with Crippen LogP contribution in [0, 0.1) is 0 Å². The second-order valence-electron chi connectivity index (χ2n) is 6.84. The third kappa shape index (κ3) is 5.59. The highest BCUT2D eigenvalue weighted by Gasteiger charge is 2.15. The van der Waals surface area contributed by atoms with E-state index in [4.69, 9.17) is 18.7 Å². The lowest BCUT2D eigenvalue weighted by molar-refractivity contribution is -0.144. The molecule has 0 aliphatic carbocycles. The topological polar surface area (TPSA) is 83.7 Å². The molecule has 0 fully saturated rings. The van der Waals surface area contributed by atoms with Gasteiger partial charge in [0.2, 0.25) is 5.82 Å². The normalized spacial score (nSPS) is 10.6. The van der Waals surface area contributed by atoms with Crippen molar-refractivity contribution >= 4 is 5.97 Å². The molecule has 0 aliphatic rings. The third-order valence-corrected chi connectivity index (χ3v) is 4.66. The first-order valence-electron chi connectivity index (χ1n) is 9.91. The molecule has 7 heteroatoms. The number of carbonyl (C=O) groups excluding carboxylic acids is 1. The van der Waals surface area contributed by atoms with Crippen molar-refractivity contribution in [1.82, 2.24) is 10.1 Å². The van der Waals surface area contributed by atoms with Gasteiger partial charge in [0.05, 0.1) is 26.2 Å². The average molecular weight is 410 g/mol. The zero-order chi connectivity index (χ0) is 21.3. The van der Waals surface area contributed by atoms with Crippen LogP contribution in [0.25, 0.3) is 11.4 Å². The summed E-state index contributed by atoms with van der Waals surface area (Å²) in [7, 11) is 3.13. The van der Waals surface area contributed by atoms with Gasteiger partial charge in [0, 0.05) is 6.07 Å². The Labute approximate surface area is 176 Å². The molecule has 0 N–H and O–H groups in total. The van der Waals surface area contributed by atoms with Gasteiger partial charge in [-0.25, -0.2) is 0 Å². The molecule has 0 bridgehead atoms. The molecule has 7 nitrogen and oxygen atoms in total. The SMILES string of the molecule is CCCCc1ccc(CC(=O)OCc2nc(-c3ccc(OC)cc3OC)no2)cc1. The minimum Gasteiger partial charge on any atom is -0.497 e. The fourth-order valence-electron chi connectivity index (χ4n) is 2.97. The largest absolute Gasteiger partial charge is 0.497 e. The van der Waals surface area contributed by atoms with E-state index < -0.39 is 0 Å². The van der Waals surface area contributed by atoms with E-state index in [1.807, 2.05) is 12.1 Å². The summed E-state index contributed by atoms with van der Waals surface area (Å²) >= 11 is 0. The number of esters is 1. The molecule has 1 aromatic heterocycles. The van der Waals surface area contributed by atoms with Gasteiger partial charge in [-0.1, -0.05) is 42.8 Å². The highest BCUT2D eigenvalue weighted by molar-refractivity contribution is 5.72.